The normalized spacial score (nSPS) is 16.6. The summed E-state index contributed by atoms with van der Waals surface area (Å²) in [5.41, 5.74) is 0.0864. The molecule has 0 N–H and O–H groups in total. The molecule has 0 aliphatic carbocycles. The average molecular weight is 328 g/mol. The Kier molecular flexibility index (Phi) is 4.74. The number of halogens is 1. The number of hydrogen-bond acceptors (Lipinski definition) is 4. The second-order valence-corrected chi connectivity index (χ2v) is 5.89. The Balaban J connectivity index is 2.13. The second-order valence-electron chi connectivity index (χ2n) is 4.97. The predicted molar refractivity (Wildman–Crippen MR) is 78.4 cm³/mol. The number of nitrogens with zero attached hydrogens (tertiary/aromatic N) is 3. The summed E-state index contributed by atoms with van der Waals surface area (Å²) in [5, 5.41) is 11.1. The van der Waals surface area contributed by atoms with E-state index in [1.54, 1.807) is 6.20 Å². The van der Waals surface area contributed by atoms with Gasteiger partial charge < -0.3 is 4.90 Å². The molecule has 6 heteroatoms. The first-order chi connectivity index (χ1) is 9.11. The van der Waals surface area contributed by atoms with Crippen LogP contribution in [0.5, 0.6) is 0 Å². The van der Waals surface area contributed by atoms with E-state index < -0.39 is 0 Å². The van der Waals surface area contributed by atoms with Crippen LogP contribution in [0.25, 0.3) is 0 Å². The minimum Gasteiger partial charge on any atom is -0.351 e. The molecule has 1 aliphatic rings. The maximum atomic E-state index is 11.1. The van der Waals surface area contributed by atoms with E-state index in [2.05, 4.69) is 27.8 Å². The number of anilines is 1. The first-order valence-corrected chi connectivity index (χ1v) is 7.46. The van der Waals surface area contributed by atoms with Crippen molar-refractivity contribution in [1.29, 1.82) is 0 Å². The van der Waals surface area contributed by atoms with Gasteiger partial charge in [-0.3, -0.25) is 10.1 Å². The molecule has 1 fully saturated rings. The molecule has 19 heavy (non-hydrogen) atoms. The molecular weight excluding hydrogens is 310 g/mol. The van der Waals surface area contributed by atoms with E-state index in [0.29, 0.717) is 10.3 Å². The molecule has 0 radical (unpaired) electrons. The van der Waals surface area contributed by atoms with Crippen LogP contribution in [0.4, 0.5) is 11.5 Å². The third-order valence-corrected chi connectivity index (χ3v) is 4.06. The SMILES string of the molecule is CCCC1CCN(c2ncc(Br)cc2[N+](=O)[O-])CC1. The summed E-state index contributed by atoms with van der Waals surface area (Å²) < 4.78 is 0.642. The van der Waals surface area contributed by atoms with Gasteiger partial charge in [0.15, 0.2) is 0 Å². The molecule has 0 unspecified atom stereocenters. The highest BCUT2D eigenvalue weighted by Crippen LogP contribution is 2.32. The number of nitro groups is 1. The molecule has 104 valence electrons. The van der Waals surface area contributed by atoms with Crippen LogP contribution >= 0.6 is 15.9 Å². The smallest absolute Gasteiger partial charge is 0.312 e. The predicted octanol–water partition coefficient (Wildman–Crippen LogP) is 3.77. The zero-order valence-electron chi connectivity index (χ0n) is 11.0. The van der Waals surface area contributed by atoms with Gasteiger partial charge in [0.1, 0.15) is 0 Å². The van der Waals surface area contributed by atoms with E-state index >= 15 is 0 Å². The van der Waals surface area contributed by atoms with Crippen molar-refractivity contribution in [2.45, 2.75) is 32.6 Å². The van der Waals surface area contributed by atoms with Crippen molar-refractivity contribution in [1.82, 2.24) is 4.98 Å². The zero-order valence-corrected chi connectivity index (χ0v) is 12.6. The zero-order chi connectivity index (χ0) is 13.8. The van der Waals surface area contributed by atoms with Crippen molar-refractivity contribution < 1.29 is 4.92 Å². The van der Waals surface area contributed by atoms with Crippen LogP contribution in [0.1, 0.15) is 32.6 Å². The summed E-state index contributed by atoms with van der Waals surface area (Å²) in [6, 6.07) is 1.53. The van der Waals surface area contributed by atoms with E-state index in [0.717, 1.165) is 31.8 Å². The summed E-state index contributed by atoms with van der Waals surface area (Å²) in [5.74, 6) is 1.26. The minimum absolute atomic E-state index is 0.0864. The Morgan fingerprint density at radius 2 is 2.21 bits per heavy atom. The van der Waals surface area contributed by atoms with E-state index in [1.807, 2.05) is 4.90 Å². The summed E-state index contributed by atoms with van der Waals surface area (Å²) in [6.07, 6.45) is 6.29. The number of rotatable bonds is 4. The molecule has 5 nitrogen and oxygen atoms in total. The highest BCUT2D eigenvalue weighted by molar-refractivity contribution is 9.10. The van der Waals surface area contributed by atoms with Gasteiger partial charge in [-0.15, -0.1) is 0 Å². The molecule has 1 aromatic rings. The second kappa shape index (κ2) is 6.32. The van der Waals surface area contributed by atoms with Crippen molar-refractivity contribution in [3.8, 4) is 0 Å². The molecule has 1 aromatic heterocycles. The molecule has 1 saturated heterocycles. The minimum atomic E-state index is -0.356. The van der Waals surface area contributed by atoms with Gasteiger partial charge in [-0.25, -0.2) is 4.98 Å². The van der Waals surface area contributed by atoms with Gasteiger partial charge >= 0.3 is 5.69 Å². The van der Waals surface area contributed by atoms with Gasteiger partial charge in [0.05, 0.1) is 4.92 Å². The van der Waals surface area contributed by atoms with Crippen molar-refractivity contribution in [2.75, 3.05) is 18.0 Å². The molecule has 0 bridgehead atoms. The van der Waals surface area contributed by atoms with Gasteiger partial charge in [0, 0.05) is 29.8 Å². The Morgan fingerprint density at radius 1 is 1.53 bits per heavy atom. The first kappa shape index (κ1) is 14.2. The van der Waals surface area contributed by atoms with E-state index in [4.69, 9.17) is 0 Å². The quantitative estimate of drug-likeness (QED) is 0.623. The monoisotopic (exact) mass is 327 g/mol. The lowest BCUT2D eigenvalue weighted by atomic mass is 9.92. The summed E-state index contributed by atoms with van der Waals surface area (Å²) in [4.78, 5) is 17.0. The topological polar surface area (TPSA) is 59.3 Å². The lowest BCUT2D eigenvalue weighted by Gasteiger charge is -2.32. The highest BCUT2D eigenvalue weighted by Gasteiger charge is 2.25. The van der Waals surface area contributed by atoms with Gasteiger partial charge in [-0.2, -0.15) is 0 Å². The molecule has 0 spiro atoms. The van der Waals surface area contributed by atoms with E-state index in [1.165, 1.54) is 18.9 Å². The highest BCUT2D eigenvalue weighted by atomic mass is 79.9. The van der Waals surface area contributed by atoms with E-state index in [-0.39, 0.29) is 10.6 Å². The van der Waals surface area contributed by atoms with Crippen LogP contribution in [-0.4, -0.2) is 23.0 Å². The number of hydrogen-bond donors (Lipinski definition) is 0. The fourth-order valence-corrected chi connectivity index (χ4v) is 2.96. The molecular formula is C13H18BrN3O2. The van der Waals surface area contributed by atoms with Crippen LogP contribution in [0, 0.1) is 16.0 Å². The Morgan fingerprint density at radius 3 is 2.79 bits per heavy atom. The Hall–Kier alpha value is -1.17. The van der Waals surface area contributed by atoms with Crippen LogP contribution < -0.4 is 4.90 Å². The van der Waals surface area contributed by atoms with Crippen LogP contribution in [0.2, 0.25) is 0 Å². The fourth-order valence-electron chi connectivity index (χ4n) is 2.64. The fraction of sp³-hybridized carbons (Fsp3) is 0.615. The summed E-state index contributed by atoms with van der Waals surface area (Å²) >= 11 is 3.23. The van der Waals surface area contributed by atoms with Crippen molar-refractivity contribution in [3.05, 3.63) is 26.9 Å². The molecule has 2 rings (SSSR count). The molecule has 1 aliphatic heterocycles. The van der Waals surface area contributed by atoms with Crippen molar-refractivity contribution in [3.63, 3.8) is 0 Å². The molecule has 0 saturated carbocycles. The average Bonchev–Trinajstić information content (AvgIpc) is 2.40. The molecule has 2 heterocycles. The Bertz CT molecular complexity index is 459. The van der Waals surface area contributed by atoms with Crippen LogP contribution in [0.15, 0.2) is 16.7 Å². The number of pyridine rings is 1. The maximum Gasteiger partial charge on any atom is 0.312 e. The summed E-state index contributed by atoms with van der Waals surface area (Å²) in [7, 11) is 0. The van der Waals surface area contributed by atoms with Gasteiger partial charge in [0.2, 0.25) is 5.82 Å². The Labute approximate surface area is 121 Å². The van der Waals surface area contributed by atoms with Crippen molar-refractivity contribution >= 4 is 27.4 Å². The van der Waals surface area contributed by atoms with Crippen LogP contribution in [-0.2, 0) is 0 Å². The molecule has 0 amide bonds. The van der Waals surface area contributed by atoms with Gasteiger partial charge in [-0.05, 0) is 34.7 Å². The van der Waals surface area contributed by atoms with Gasteiger partial charge in [-0.1, -0.05) is 19.8 Å². The molecule has 0 atom stereocenters. The maximum absolute atomic E-state index is 11.1. The molecule has 0 aromatic carbocycles. The standard InChI is InChI=1S/C13H18BrN3O2/c1-2-3-10-4-6-16(7-5-10)13-12(17(18)19)8-11(14)9-15-13/h8-10H,2-7H2,1H3. The third-order valence-electron chi connectivity index (χ3n) is 3.62. The van der Waals surface area contributed by atoms with Crippen LogP contribution in [0.3, 0.4) is 0 Å². The lowest BCUT2D eigenvalue weighted by Crippen LogP contribution is -2.34. The first-order valence-electron chi connectivity index (χ1n) is 6.66. The van der Waals surface area contributed by atoms with E-state index in [9.17, 15) is 10.1 Å². The van der Waals surface area contributed by atoms with Crippen molar-refractivity contribution in [2.24, 2.45) is 5.92 Å². The number of piperidine rings is 1. The largest absolute Gasteiger partial charge is 0.351 e. The van der Waals surface area contributed by atoms with Gasteiger partial charge in [0.25, 0.3) is 0 Å². The number of aromatic nitrogens is 1. The summed E-state index contributed by atoms with van der Waals surface area (Å²) in [6.45, 7) is 3.92. The third kappa shape index (κ3) is 3.43. The lowest BCUT2D eigenvalue weighted by molar-refractivity contribution is -0.384.